The Hall–Kier alpha value is -1.85. The van der Waals surface area contributed by atoms with E-state index in [1.165, 1.54) is 6.42 Å². The Morgan fingerprint density at radius 3 is 2.50 bits per heavy atom. The zero-order chi connectivity index (χ0) is 15.7. The van der Waals surface area contributed by atoms with Gasteiger partial charge in [-0.25, -0.2) is 4.98 Å². The minimum atomic E-state index is -0.292. The summed E-state index contributed by atoms with van der Waals surface area (Å²) in [6.07, 6.45) is 6.68. The van der Waals surface area contributed by atoms with Crippen molar-refractivity contribution in [1.29, 1.82) is 0 Å². The Morgan fingerprint density at radius 1 is 1.14 bits per heavy atom. The normalized spacial score (nSPS) is 22.2. The van der Waals surface area contributed by atoms with Crippen LogP contribution < -0.4 is 0 Å². The molecule has 0 spiro atoms. The molecule has 3 rings (SSSR count). The van der Waals surface area contributed by atoms with Crippen LogP contribution in [-0.4, -0.2) is 56.8 Å². The van der Waals surface area contributed by atoms with Crippen LogP contribution in [0, 0.1) is 6.92 Å². The summed E-state index contributed by atoms with van der Waals surface area (Å²) in [6, 6.07) is -0.292. The van der Waals surface area contributed by atoms with Crippen molar-refractivity contribution in [2.75, 3.05) is 19.6 Å². The minimum Gasteiger partial charge on any atom is -0.341 e. The molecular formula is C16H24N4O2. The number of aryl methyl sites for hydroxylation is 2. The van der Waals surface area contributed by atoms with Crippen molar-refractivity contribution < 1.29 is 9.59 Å². The Balaban J connectivity index is 1.78. The van der Waals surface area contributed by atoms with E-state index in [1.54, 1.807) is 15.8 Å². The van der Waals surface area contributed by atoms with E-state index in [0.29, 0.717) is 12.2 Å². The molecule has 6 heteroatoms. The first-order valence-corrected chi connectivity index (χ1v) is 8.17. The maximum absolute atomic E-state index is 12.8. The number of aromatic nitrogens is 2. The maximum Gasteiger partial charge on any atom is 0.273 e. The van der Waals surface area contributed by atoms with Gasteiger partial charge in [0.15, 0.2) is 0 Å². The fourth-order valence-corrected chi connectivity index (χ4v) is 3.58. The van der Waals surface area contributed by atoms with E-state index in [-0.39, 0.29) is 17.9 Å². The van der Waals surface area contributed by atoms with E-state index in [2.05, 4.69) is 4.98 Å². The summed E-state index contributed by atoms with van der Waals surface area (Å²) in [7, 11) is 1.82. The van der Waals surface area contributed by atoms with Crippen LogP contribution in [0.3, 0.4) is 0 Å². The molecule has 2 fully saturated rings. The van der Waals surface area contributed by atoms with E-state index < -0.39 is 0 Å². The molecule has 2 aliphatic rings. The second-order valence-corrected chi connectivity index (χ2v) is 6.33. The highest BCUT2D eigenvalue weighted by Gasteiger charge is 2.38. The Labute approximate surface area is 131 Å². The van der Waals surface area contributed by atoms with Gasteiger partial charge in [0, 0.05) is 26.7 Å². The molecule has 0 radical (unpaired) electrons. The standard InChI is InChI=1S/C16H24N4O2/c1-12-14(18(2)11-17-12)16(22)20-10-6-7-13(20)15(21)19-8-4-3-5-9-19/h11,13H,3-10H2,1-2H3/t13-/m0/s1. The Bertz CT molecular complexity index is 555. The highest BCUT2D eigenvalue weighted by Crippen LogP contribution is 2.24. The van der Waals surface area contributed by atoms with Gasteiger partial charge in [-0.3, -0.25) is 9.59 Å². The fourth-order valence-electron chi connectivity index (χ4n) is 3.58. The molecule has 0 aliphatic carbocycles. The van der Waals surface area contributed by atoms with E-state index in [1.807, 2.05) is 18.9 Å². The van der Waals surface area contributed by atoms with E-state index in [9.17, 15) is 9.59 Å². The van der Waals surface area contributed by atoms with E-state index in [4.69, 9.17) is 0 Å². The summed E-state index contributed by atoms with van der Waals surface area (Å²) >= 11 is 0. The average Bonchev–Trinajstić information content (AvgIpc) is 3.14. The number of hydrogen-bond donors (Lipinski definition) is 0. The lowest BCUT2D eigenvalue weighted by Gasteiger charge is -2.32. The third-order valence-electron chi connectivity index (χ3n) is 4.79. The third-order valence-corrected chi connectivity index (χ3v) is 4.79. The molecule has 2 aliphatic heterocycles. The van der Waals surface area contributed by atoms with Crippen LogP contribution in [0.2, 0.25) is 0 Å². The largest absolute Gasteiger partial charge is 0.341 e. The predicted octanol–water partition coefficient (Wildman–Crippen LogP) is 1.35. The van der Waals surface area contributed by atoms with Gasteiger partial charge in [0.25, 0.3) is 5.91 Å². The second kappa shape index (κ2) is 6.10. The van der Waals surface area contributed by atoms with Gasteiger partial charge in [0.05, 0.1) is 12.0 Å². The highest BCUT2D eigenvalue weighted by molar-refractivity contribution is 5.97. The number of nitrogens with zero attached hydrogens (tertiary/aromatic N) is 4. The number of amides is 2. The van der Waals surface area contributed by atoms with Crippen LogP contribution in [0.4, 0.5) is 0 Å². The van der Waals surface area contributed by atoms with Gasteiger partial charge < -0.3 is 14.4 Å². The van der Waals surface area contributed by atoms with Crippen molar-refractivity contribution >= 4 is 11.8 Å². The molecule has 1 aromatic heterocycles. The molecule has 120 valence electrons. The first-order chi connectivity index (χ1) is 10.6. The number of hydrogen-bond acceptors (Lipinski definition) is 3. The number of likely N-dealkylation sites (tertiary alicyclic amines) is 2. The van der Waals surface area contributed by atoms with Crippen molar-refractivity contribution in [2.24, 2.45) is 7.05 Å². The van der Waals surface area contributed by atoms with Crippen LogP contribution in [0.5, 0.6) is 0 Å². The van der Waals surface area contributed by atoms with Gasteiger partial charge in [0.2, 0.25) is 5.91 Å². The first kappa shape index (κ1) is 15.1. The highest BCUT2D eigenvalue weighted by atomic mass is 16.2. The molecule has 1 atom stereocenters. The van der Waals surface area contributed by atoms with Crippen molar-refractivity contribution in [3.8, 4) is 0 Å². The molecule has 2 amide bonds. The molecule has 2 saturated heterocycles. The lowest BCUT2D eigenvalue weighted by molar-refractivity contribution is -0.136. The van der Waals surface area contributed by atoms with Gasteiger partial charge in [-0.15, -0.1) is 0 Å². The van der Waals surface area contributed by atoms with Gasteiger partial charge >= 0.3 is 0 Å². The van der Waals surface area contributed by atoms with Crippen LogP contribution in [0.25, 0.3) is 0 Å². The SMILES string of the molecule is Cc1ncn(C)c1C(=O)N1CCC[C@H]1C(=O)N1CCCCC1. The summed E-state index contributed by atoms with van der Waals surface area (Å²) in [5.41, 5.74) is 1.32. The fraction of sp³-hybridized carbons (Fsp3) is 0.688. The van der Waals surface area contributed by atoms with Crippen molar-refractivity contribution in [3.63, 3.8) is 0 Å². The van der Waals surface area contributed by atoms with Gasteiger partial charge in [-0.2, -0.15) is 0 Å². The quantitative estimate of drug-likeness (QED) is 0.828. The molecule has 0 aromatic carbocycles. The minimum absolute atomic E-state index is 0.0645. The summed E-state index contributed by atoms with van der Waals surface area (Å²) in [5, 5.41) is 0. The molecular weight excluding hydrogens is 280 g/mol. The second-order valence-electron chi connectivity index (χ2n) is 6.33. The van der Waals surface area contributed by atoms with Crippen molar-refractivity contribution in [2.45, 2.75) is 45.1 Å². The van der Waals surface area contributed by atoms with Crippen molar-refractivity contribution in [3.05, 3.63) is 17.7 Å². The number of carbonyl (C=O) groups is 2. The molecule has 0 saturated carbocycles. The van der Waals surface area contributed by atoms with E-state index >= 15 is 0 Å². The topological polar surface area (TPSA) is 58.4 Å². The third kappa shape index (κ3) is 2.62. The molecule has 0 unspecified atom stereocenters. The Kier molecular flexibility index (Phi) is 4.18. The first-order valence-electron chi connectivity index (χ1n) is 8.17. The molecule has 1 aromatic rings. The summed E-state index contributed by atoms with van der Waals surface area (Å²) in [6.45, 7) is 4.17. The van der Waals surface area contributed by atoms with Gasteiger partial charge in [-0.05, 0) is 39.0 Å². The van der Waals surface area contributed by atoms with Gasteiger partial charge in [-0.1, -0.05) is 0 Å². The molecule has 0 bridgehead atoms. The summed E-state index contributed by atoms with van der Waals surface area (Å²) in [4.78, 5) is 33.5. The van der Waals surface area contributed by atoms with E-state index in [0.717, 1.165) is 44.5 Å². The number of carbonyl (C=O) groups excluding carboxylic acids is 2. The molecule has 22 heavy (non-hydrogen) atoms. The summed E-state index contributed by atoms with van der Waals surface area (Å²) < 4.78 is 1.75. The monoisotopic (exact) mass is 304 g/mol. The van der Waals surface area contributed by atoms with Crippen LogP contribution in [-0.2, 0) is 11.8 Å². The van der Waals surface area contributed by atoms with Crippen molar-refractivity contribution in [1.82, 2.24) is 19.4 Å². The summed E-state index contributed by atoms with van der Waals surface area (Å²) in [5.74, 6) is 0.0655. The maximum atomic E-state index is 12.8. The Morgan fingerprint density at radius 2 is 1.86 bits per heavy atom. The molecule has 0 N–H and O–H groups in total. The smallest absolute Gasteiger partial charge is 0.273 e. The average molecular weight is 304 g/mol. The number of rotatable bonds is 2. The van der Waals surface area contributed by atoms with Crippen LogP contribution in [0.1, 0.15) is 48.3 Å². The zero-order valence-corrected chi connectivity index (χ0v) is 13.4. The zero-order valence-electron chi connectivity index (χ0n) is 13.4. The molecule has 3 heterocycles. The lowest BCUT2D eigenvalue weighted by Crippen LogP contribution is -2.49. The number of imidazole rings is 1. The van der Waals surface area contributed by atoms with Crippen LogP contribution in [0.15, 0.2) is 6.33 Å². The number of piperidine rings is 1. The van der Waals surface area contributed by atoms with Crippen LogP contribution >= 0.6 is 0 Å². The predicted molar refractivity (Wildman–Crippen MR) is 82.4 cm³/mol. The van der Waals surface area contributed by atoms with Gasteiger partial charge in [0.1, 0.15) is 11.7 Å². The lowest BCUT2D eigenvalue weighted by atomic mass is 10.1. The molecule has 6 nitrogen and oxygen atoms in total.